The maximum atomic E-state index is 12.3. The van der Waals surface area contributed by atoms with E-state index in [2.05, 4.69) is 226 Å². The minimum Gasteiger partial charge on any atom is -0.463 e. The first-order valence-corrected chi connectivity index (χ1v) is 48.2. The second kappa shape index (κ2) is 49.3. The van der Waals surface area contributed by atoms with Crippen molar-refractivity contribution in [2.45, 2.75) is 161 Å². The van der Waals surface area contributed by atoms with Crippen molar-refractivity contribution in [1.82, 2.24) is 91.2 Å². The van der Waals surface area contributed by atoms with Gasteiger partial charge in [0.2, 0.25) is 17.8 Å². The van der Waals surface area contributed by atoms with Gasteiger partial charge in [-0.3, -0.25) is 24.3 Å². The van der Waals surface area contributed by atoms with Crippen LogP contribution in [0.3, 0.4) is 0 Å². The number of ether oxygens (including phenoxy) is 1. The fourth-order valence-electron chi connectivity index (χ4n) is 17.2. The van der Waals surface area contributed by atoms with E-state index in [0.717, 1.165) is 150 Å². The highest BCUT2D eigenvalue weighted by molar-refractivity contribution is 5.97. The Morgan fingerprint density at radius 3 is 1.26 bits per heavy atom. The number of amides is 3. The van der Waals surface area contributed by atoms with Gasteiger partial charge in [0.1, 0.15) is 52.9 Å². The van der Waals surface area contributed by atoms with E-state index in [1.54, 1.807) is 50.5 Å². The van der Waals surface area contributed by atoms with Gasteiger partial charge in [-0.1, -0.05) is 113 Å². The molecule has 0 bridgehead atoms. The summed E-state index contributed by atoms with van der Waals surface area (Å²) in [5.41, 5.74) is 13.0. The molecule has 38 nitrogen and oxygen atoms in total. The Labute approximate surface area is 833 Å². The molecule has 4 aliphatic rings. The van der Waals surface area contributed by atoms with Gasteiger partial charge in [0, 0.05) is 171 Å². The minimum absolute atomic E-state index is 0.00509. The highest BCUT2D eigenvalue weighted by Crippen LogP contribution is 2.39. The van der Waals surface area contributed by atoms with Gasteiger partial charge in [-0.2, -0.15) is 66.0 Å². The van der Waals surface area contributed by atoms with E-state index in [1.165, 1.54) is 26.3 Å². The number of carbonyl (C=O) groups excluding carboxylic acids is 3. The molecule has 4 aliphatic heterocycles. The smallest absolute Gasteiger partial charge is 0.320 e. The number of likely N-dealkylation sites (N-methyl/N-ethyl adjacent to an activating group) is 2. The summed E-state index contributed by atoms with van der Waals surface area (Å²) < 4.78 is 6.04. The van der Waals surface area contributed by atoms with Crippen molar-refractivity contribution < 1.29 is 24.0 Å². The zero-order valence-corrected chi connectivity index (χ0v) is 87.5. The summed E-state index contributed by atoms with van der Waals surface area (Å²) in [6.07, 6.45) is 7.77. The normalized spacial score (nSPS) is 15.2. The Bertz CT molecular complexity index is 5950. The molecule has 9 aromatic rings. The first kappa shape index (κ1) is 109. The Morgan fingerprint density at radius 2 is 0.879 bits per heavy atom. The maximum absolute atomic E-state index is 12.3. The number of carbonyl (C=O) groups is 3. The van der Waals surface area contributed by atoms with Gasteiger partial charge in [0.15, 0.2) is 52.4 Å². The van der Waals surface area contributed by atoms with Gasteiger partial charge in [-0.25, -0.2) is 10.5 Å². The first-order chi connectivity index (χ1) is 66.8. The predicted octanol–water partition coefficient (Wildman–Crippen LogP) is 14.2. The summed E-state index contributed by atoms with van der Waals surface area (Å²) in [6.45, 7) is 47.2. The van der Waals surface area contributed by atoms with Crippen LogP contribution in [-0.2, 0) is 4.84 Å². The Hall–Kier alpha value is -13.9. The molecule has 0 saturated carbocycles. The number of nitriles is 4. The number of H-pyrrole nitrogens is 1. The third kappa shape index (κ3) is 31.3. The zero-order valence-electron chi connectivity index (χ0n) is 87.5. The van der Waals surface area contributed by atoms with Crippen molar-refractivity contribution in [2.75, 3.05) is 231 Å². The summed E-state index contributed by atoms with van der Waals surface area (Å²) in [5, 5.41) is 72.9. The van der Waals surface area contributed by atoms with Crippen LogP contribution >= 0.6 is 0 Å². The SMILES string of the molecule is CNC(=O)c1ccc(C)c(Nc2nc(N3CCCN(C)CC3)nc(N(C)CC(C)(C)C)c2C#N)c1.CNC(=O)c1ccc(C)c(Nc2nc(OCCC3CCCN3C)nc(N(C)CC(C)(C)C)c2C#N)c1.CONC(=O)c1ccc(C)c(Nc2nc(N3CCCN(C)CC3)nc(N(C)CC(C)(C)C)c2C#N)c1.Cc1ccc(-c2ncn[nH]2)cc1Nc1nc(N[C@@H]2CCNC2)nc(N(C)CC(C)(C)C)c1C#N. The maximum Gasteiger partial charge on any atom is 0.320 e. The molecule has 3 amide bonds. The van der Waals surface area contributed by atoms with E-state index >= 15 is 0 Å². The molecule has 0 aliphatic carbocycles. The first-order valence-electron chi connectivity index (χ1n) is 48.2. The third-order valence-corrected chi connectivity index (χ3v) is 24.1. The van der Waals surface area contributed by atoms with Crippen molar-refractivity contribution in [3.8, 4) is 41.7 Å². The van der Waals surface area contributed by atoms with Gasteiger partial charge in [0.25, 0.3) is 17.7 Å². The van der Waals surface area contributed by atoms with E-state index in [-0.39, 0.29) is 51.4 Å². The number of hydrogen-bond acceptors (Lipinski definition) is 34. The summed E-state index contributed by atoms with van der Waals surface area (Å²) >= 11 is 0. The minimum atomic E-state index is -0.358. The largest absolute Gasteiger partial charge is 0.463 e. The number of likely N-dealkylation sites (tertiary alicyclic amines) is 1. The summed E-state index contributed by atoms with van der Waals surface area (Å²) in [5.74, 6) is 5.67. The number of aromatic nitrogens is 11. The fraction of sp³-hybridized carbons (Fsp3) is 0.524. The van der Waals surface area contributed by atoms with Crippen LogP contribution in [0.2, 0.25) is 0 Å². The number of benzene rings is 4. The van der Waals surface area contributed by atoms with Crippen molar-refractivity contribution in [2.24, 2.45) is 21.7 Å². The standard InChI is InChI=1S/C27H39N7O2.C26H38N8O2.C26H38N8O.C24H32N10/c1-18-10-11-19(25(35)29-5)15-22(18)30-23-21(16-28)24(34(7)17-27(2,3)4)32-26(31-23)36-14-12-20-9-8-13-33(20)6;1-18-9-10-19(24(35)31-36-7)15-21(18)28-22-20(16-27)23(33(6)17-26(2,3)4)30-25(29-22)34-12-8-11-32(5)13-14-34;1-18-9-10-19(24(35)28-5)15-21(18)29-22-20(16-27)23(33(7)17-26(2,3)4)31-25(30-22)34-12-8-11-32(6)13-14-34;1-15-6-7-16(20-27-14-28-33-20)10-19(15)30-21-18(11-25)22(34(5)13-24(2,3)4)32-23(31-21)29-17-8-9-26-12-17/h10-11,15,20H,8-9,12-14,17H2,1-7H3,(H,29,35)(H,30,31,32);9-10,15H,8,11-14,17H2,1-7H3,(H,31,35)(H,28,29,30);9-10,15H,8,11-14,17H2,1-7H3,(H,28,35)(H,29,30,31);6-7,10,14,17,26H,8-9,12-13H2,1-5H3,(H,27,28,33)(H2,29,30,31,32)/t;;;17-/m...1/s1. The number of nitrogens with one attached hydrogen (secondary N) is 10. The molecule has 0 spiro atoms. The molecule has 38 heteroatoms. The van der Waals surface area contributed by atoms with Crippen LogP contribution in [0.1, 0.15) is 197 Å². The second-order valence-corrected chi connectivity index (χ2v) is 41.7. The lowest BCUT2D eigenvalue weighted by Gasteiger charge is -2.30. The van der Waals surface area contributed by atoms with Gasteiger partial charge in [0.05, 0.1) is 13.7 Å². The second-order valence-electron chi connectivity index (χ2n) is 41.7. The van der Waals surface area contributed by atoms with Crippen molar-refractivity contribution in [3.05, 3.63) is 140 Å². The molecule has 4 fully saturated rings. The van der Waals surface area contributed by atoms with Crippen LogP contribution in [0.5, 0.6) is 6.01 Å². The van der Waals surface area contributed by atoms with Crippen LogP contribution < -0.4 is 82.2 Å². The number of hydrogen-bond donors (Lipinski definition) is 10. The quantitative estimate of drug-likeness (QED) is 0.0195. The van der Waals surface area contributed by atoms with E-state index in [0.29, 0.717) is 146 Å². The average Bonchev–Trinajstić information content (AvgIpc) is 0.911. The molecule has 13 rings (SSSR count). The molecule has 5 aromatic heterocycles. The summed E-state index contributed by atoms with van der Waals surface area (Å²) in [4.78, 5) is 103. The van der Waals surface area contributed by atoms with Crippen LogP contribution in [-0.4, -0.2) is 275 Å². The third-order valence-electron chi connectivity index (χ3n) is 24.1. The van der Waals surface area contributed by atoms with Crippen LogP contribution in [0, 0.1) is 94.7 Å². The average molecular weight is 1930 g/mol. The molecule has 10 N–H and O–H groups in total. The lowest BCUT2D eigenvalue weighted by atomic mass is 9.96. The van der Waals surface area contributed by atoms with E-state index < -0.39 is 0 Å². The number of nitrogens with zero attached hydrogens (tertiary/aromatic N) is 23. The topological polar surface area (TPSA) is 447 Å². The number of rotatable bonds is 29. The Balaban J connectivity index is 0.000000193. The van der Waals surface area contributed by atoms with E-state index in [1.807, 2.05) is 112 Å². The van der Waals surface area contributed by atoms with Crippen molar-refractivity contribution >= 4 is 105 Å². The number of anilines is 15. The van der Waals surface area contributed by atoms with E-state index in [4.69, 9.17) is 39.5 Å². The summed E-state index contributed by atoms with van der Waals surface area (Å²) in [6, 6.07) is 32.4. The van der Waals surface area contributed by atoms with Crippen LogP contribution in [0.15, 0.2) is 79.1 Å². The van der Waals surface area contributed by atoms with Crippen molar-refractivity contribution in [3.63, 3.8) is 0 Å². The van der Waals surface area contributed by atoms with Crippen molar-refractivity contribution in [1.29, 1.82) is 21.0 Å². The molecule has 0 radical (unpaired) electrons. The lowest BCUT2D eigenvalue weighted by molar-refractivity contribution is 0.0537. The van der Waals surface area contributed by atoms with Gasteiger partial charge in [-0.05, 0) is 200 Å². The lowest BCUT2D eigenvalue weighted by Crippen LogP contribution is -2.33. The number of aromatic amines is 1. The Kier molecular flexibility index (Phi) is 38.1. The molecule has 4 aromatic carbocycles. The number of hydroxylamine groups is 1. The molecule has 1 unspecified atom stereocenters. The molecule has 754 valence electrons. The highest BCUT2D eigenvalue weighted by atomic mass is 16.6. The van der Waals surface area contributed by atoms with Gasteiger partial charge in [-0.15, -0.1) is 0 Å². The monoisotopic (exact) mass is 1930 g/mol. The fourth-order valence-corrected chi connectivity index (χ4v) is 17.2. The Morgan fingerprint density at radius 1 is 0.475 bits per heavy atom. The van der Waals surface area contributed by atoms with Crippen LogP contribution in [0.4, 0.5) is 87.1 Å². The molecular formula is C103H147N33O5. The molecule has 141 heavy (non-hydrogen) atoms. The molecule has 2 atom stereocenters. The summed E-state index contributed by atoms with van der Waals surface area (Å²) in [7, 11) is 18.8. The molecule has 9 heterocycles. The van der Waals surface area contributed by atoms with E-state index in [9.17, 15) is 35.4 Å². The molecular weight excluding hydrogens is 1780 g/mol. The highest BCUT2D eigenvalue weighted by Gasteiger charge is 2.32. The van der Waals surface area contributed by atoms with Crippen LogP contribution in [0.25, 0.3) is 11.4 Å². The predicted molar refractivity (Wildman–Crippen MR) is 562 cm³/mol. The molecule has 4 saturated heterocycles. The zero-order chi connectivity index (χ0) is 103. The number of aryl methyl sites for hydroxylation is 4. The van der Waals surface area contributed by atoms with Gasteiger partial charge < -0.3 is 91.4 Å². The van der Waals surface area contributed by atoms with Gasteiger partial charge >= 0.3 is 6.01 Å².